The van der Waals surface area contributed by atoms with Crippen LogP contribution in [-0.2, 0) is 11.2 Å². The van der Waals surface area contributed by atoms with Crippen molar-refractivity contribution in [1.82, 2.24) is 9.55 Å². The number of hydrogen-bond donors (Lipinski definition) is 1. The number of nitrogen functional groups attached to an aromatic ring is 1. The second-order valence-electron chi connectivity index (χ2n) is 7.05. The molecular formula is C18H23N3O2. The SMILES string of the molecule is CC(C)(C)OC(=O)n1cnc(C2CCCc3c(N)cccc32)c1. The molecule has 1 unspecified atom stereocenters. The number of ether oxygens (including phenoxy) is 1. The van der Waals surface area contributed by atoms with E-state index in [2.05, 4.69) is 11.1 Å². The monoisotopic (exact) mass is 313 g/mol. The molecule has 5 nitrogen and oxygen atoms in total. The Morgan fingerprint density at radius 2 is 2.17 bits per heavy atom. The van der Waals surface area contributed by atoms with Gasteiger partial charge in [-0.2, -0.15) is 0 Å². The highest BCUT2D eigenvalue weighted by atomic mass is 16.6. The zero-order valence-electron chi connectivity index (χ0n) is 13.9. The van der Waals surface area contributed by atoms with Crippen LogP contribution in [0.2, 0.25) is 0 Å². The highest BCUT2D eigenvalue weighted by Gasteiger charge is 2.26. The van der Waals surface area contributed by atoms with Gasteiger partial charge in [0.15, 0.2) is 0 Å². The average Bonchev–Trinajstić information content (AvgIpc) is 2.95. The second-order valence-corrected chi connectivity index (χ2v) is 7.05. The van der Waals surface area contributed by atoms with Crippen LogP contribution in [0.5, 0.6) is 0 Å². The average molecular weight is 313 g/mol. The summed E-state index contributed by atoms with van der Waals surface area (Å²) in [7, 11) is 0. The summed E-state index contributed by atoms with van der Waals surface area (Å²) in [6.45, 7) is 5.55. The van der Waals surface area contributed by atoms with Gasteiger partial charge in [0.1, 0.15) is 11.9 Å². The van der Waals surface area contributed by atoms with E-state index in [0.29, 0.717) is 0 Å². The maximum Gasteiger partial charge on any atom is 0.419 e. The third kappa shape index (κ3) is 3.23. The molecule has 2 N–H and O–H groups in total. The standard InChI is InChI=1S/C18H23N3O2/c1-18(2,3)23-17(22)21-10-16(20-11-21)14-8-4-7-13-12(14)6-5-9-15(13)19/h5-6,9-11,14H,4,7-8,19H2,1-3H3. The molecule has 0 aliphatic heterocycles. The van der Waals surface area contributed by atoms with Crippen LogP contribution < -0.4 is 5.73 Å². The molecule has 122 valence electrons. The molecule has 1 aromatic carbocycles. The Morgan fingerprint density at radius 3 is 2.91 bits per heavy atom. The number of hydrogen-bond acceptors (Lipinski definition) is 4. The van der Waals surface area contributed by atoms with E-state index in [1.165, 1.54) is 22.0 Å². The van der Waals surface area contributed by atoms with E-state index in [1.807, 2.05) is 32.9 Å². The largest absolute Gasteiger partial charge is 0.443 e. The first-order chi connectivity index (χ1) is 10.8. The number of carbonyl (C=O) groups is 1. The Kier molecular flexibility index (Phi) is 3.88. The van der Waals surface area contributed by atoms with Gasteiger partial charge in [-0.25, -0.2) is 14.3 Å². The van der Waals surface area contributed by atoms with Crippen LogP contribution >= 0.6 is 0 Å². The molecule has 1 aromatic heterocycles. The predicted molar refractivity (Wildman–Crippen MR) is 89.5 cm³/mol. The first kappa shape index (κ1) is 15.6. The number of anilines is 1. The highest BCUT2D eigenvalue weighted by Crippen LogP contribution is 2.38. The van der Waals surface area contributed by atoms with Crippen LogP contribution in [0.1, 0.15) is 56.4 Å². The van der Waals surface area contributed by atoms with Gasteiger partial charge >= 0.3 is 6.09 Å². The zero-order valence-corrected chi connectivity index (χ0v) is 13.9. The third-order valence-electron chi connectivity index (χ3n) is 4.11. The molecule has 0 bridgehead atoms. The zero-order chi connectivity index (χ0) is 16.6. The molecule has 0 spiro atoms. The minimum Gasteiger partial charge on any atom is -0.443 e. The van der Waals surface area contributed by atoms with Crippen LogP contribution in [-0.4, -0.2) is 21.2 Å². The summed E-state index contributed by atoms with van der Waals surface area (Å²) in [5.41, 5.74) is 9.77. The molecule has 0 amide bonds. The molecule has 1 atom stereocenters. The van der Waals surface area contributed by atoms with E-state index < -0.39 is 11.7 Å². The second kappa shape index (κ2) is 5.72. The van der Waals surface area contributed by atoms with Gasteiger partial charge in [0.05, 0.1) is 5.69 Å². The number of nitrogens with two attached hydrogens (primary N) is 1. The Balaban J connectivity index is 1.88. The summed E-state index contributed by atoms with van der Waals surface area (Å²) in [6, 6.07) is 6.04. The van der Waals surface area contributed by atoms with Crippen LogP contribution in [0.3, 0.4) is 0 Å². The number of aromatic nitrogens is 2. The van der Waals surface area contributed by atoms with Crippen molar-refractivity contribution < 1.29 is 9.53 Å². The Labute approximate surface area is 136 Å². The number of benzene rings is 1. The van der Waals surface area contributed by atoms with Gasteiger partial charge in [0.2, 0.25) is 0 Å². The summed E-state index contributed by atoms with van der Waals surface area (Å²) in [5, 5.41) is 0. The van der Waals surface area contributed by atoms with Gasteiger partial charge in [-0.3, -0.25) is 0 Å². The van der Waals surface area contributed by atoms with Crippen molar-refractivity contribution in [1.29, 1.82) is 0 Å². The molecule has 0 fully saturated rings. The van der Waals surface area contributed by atoms with Crippen molar-refractivity contribution in [2.24, 2.45) is 0 Å². The maximum atomic E-state index is 12.1. The Hall–Kier alpha value is -2.30. The molecule has 3 rings (SSSR count). The fourth-order valence-corrected chi connectivity index (χ4v) is 3.12. The molecule has 0 saturated heterocycles. The van der Waals surface area contributed by atoms with Crippen molar-refractivity contribution in [3.8, 4) is 0 Å². The highest BCUT2D eigenvalue weighted by molar-refractivity contribution is 5.70. The van der Waals surface area contributed by atoms with Crippen molar-refractivity contribution >= 4 is 11.8 Å². The summed E-state index contributed by atoms with van der Waals surface area (Å²) in [6.07, 6.45) is 6.00. The third-order valence-corrected chi connectivity index (χ3v) is 4.11. The van der Waals surface area contributed by atoms with E-state index in [0.717, 1.165) is 30.6 Å². The van der Waals surface area contributed by atoms with Crippen LogP contribution in [0, 0.1) is 0 Å². The summed E-state index contributed by atoms with van der Waals surface area (Å²) in [5.74, 6) is 0.186. The lowest BCUT2D eigenvalue weighted by Gasteiger charge is -2.25. The topological polar surface area (TPSA) is 70.1 Å². The molecule has 23 heavy (non-hydrogen) atoms. The van der Waals surface area contributed by atoms with Gasteiger partial charge in [-0.15, -0.1) is 0 Å². The number of imidazole rings is 1. The molecule has 5 heteroatoms. The van der Waals surface area contributed by atoms with Gasteiger partial charge in [-0.05, 0) is 57.2 Å². The van der Waals surface area contributed by atoms with Gasteiger partial charge < -0.3 is 10.5 Å². The molecule has 2 aromatic rings. The quantitative estimate of drug-likeness (QED) is 0.815. The predicted octanol–water partition coefficient (Wildman–Crippen LogP) is 3.72. The van der Waals surface area contributed by atoms with E-state index in [1.54, 1.807) is 6.20 Å². The number of fused-ring (bicyclic) bond motifs is 1. The number of nitrogens with zero attached hydrogens (tertiary/aromatic N) is 2. The van der Waals surface area contributed by atoms with Crippen LogP contribution in [0.25, 0.3) is 0 Å². The van der Waals surface area contributed by atoms with Gasteiger partial charge in [0, 0.05) is 17.8 Å². The van der Waals surface area contributed by atoms with Crippen molar-refractivity contribution in [2.45, 2.75) is 51.6 Å². The number of rotatable bonds is 1. The smallest absolute Gasteiger partial charge is 0.419 e. The minimum absolute atomic E-state index is 0.186. The molecule has 1 aliphatic rings. The van der Waals surface area contributed by atoms with E-state index in [-0.39, 0.29) is 5.92 Å². The molecule has 0 saturated carbocycles. The van der Waals surface area contributed by atoms with Crippen molar-refractivity contribution in [3.63, 3.8) is 0 Å². The summed E-state index contributed by atoms with van der Waals surface area (Å²) < 4.78 is 6.79. The maximum absolute atomic E-state index is 12.1. The van der Waals surface area contributed by atoms with E-state index >= 15 is 0 Å². The number of carbonyl (C=O) groups excluding carboxylic acids is 1. The molecular weight excluding hydrogens is 290 g/mol. The van der Waals surface area contributed by atoms with E-state index in [4.69, 9.17) is 10.5 Å². The Bertz CT molecular complexity index is 728. The first-order valence-electron chi connectivity index (χ1n) is 7.99. The lowest BCUT2D eigenvalue weighted by Crippen LogP contribution is -2.26. The van der Waals surface area contributed by atoms with Crippen LogP contribution in [0.4, 0.5) is 10.5 Å². The van der Waals surface area contributed by atoms with Gasteiger partial charge in [0.25, 0.3) is 0 Å². The van der Waals surface area contributed by atoms with Crippen molar-refractivity contribution in [2.75, 3.05) is 5.73 Å². The normalized spacial score (nSPS) is 17.6. The first-order valence-corrected chi connectivity index (χ1v) is 7.99. The van der Waals surface area contributed by atoms with E-state index in [9.17, 15) is 4.79 Å². The van der Waals surface area contributed by atoms with Crippen molar-refractivity contribution in [3.05, 3.63) is 47.5 Å². The lowest BCUT2D eigenvalue weighted by molar-refractivity contribution is 0.0536. The Morgan fingerprint density at radius 1 is 1.39 bits per heavy atom. The van der Waals surface area contributed by atoms with Crippen LogP contribution in [0.15, 0.2) is 30.7 Å². The lowest BCUT2D eigenvalue weighted by atomic mass is 9.80. The molecule has 1 aliphatic carbocycles. The fourth-order valence-electron chi connectivity index (χ4n) is 3.12. The fraction of sp³-hybridized carbons (Fsp3) is 0.444. The molecule has 0 radical (unpaired) electrons. The van der Waals surface area contributed by atoms with Gasteiger partial charge in [-0.1, -0.05) is 12.1 Å². The summed E-state index contributed by atoms with van der Waals surface area (Å²) in [4.78, 5) is 16.6. The molecule has 1 heterocycles. The minimum atomic E-state index is -0.520. The summed E-state index contributed by atoms with van der Waals surface area (Å²) >= 11 is 0.